The molecule has 0 bridgehead atoms. The Hall–Kier alpha value is -7.37. The summed E-state index contributed by atoms with van der Waals surface area (Å²) in [6, 6.07) is 59.1. The molecule has 6 aromatic carbocycles. The first kappa shape index (κ1) is 38.8. The van der Waals surface area contributed by atoms with E-state index >= 15 is 0 Å². The van der Waals surface area contributed by atoms with Crippen molar-refractivity contribution in [3.8, 4) is 67.6 Å². The van der Waals surface area contributed by atoms with E-state index in [4.69, 9.17) is 15.0 Å². The Morgan fingerprint density at radius 3 is 1.79 bits per heavy atom. The van der Waals surface area contributed by atoms with Gasteiger partial charge in [-0.2, -0.15) is 0 Å². The maximum Gasteiger partial charge on any atom is 0.124 e. The van der Waals surface area contributed by atoms with Gasteiger partial charge in [0.15, 0.2) is 0 Å². The molecule has 62 heavy (non-hydrogen) atoms. The lowest BCUT2D eigenvalue weighted by Gasteiger charge is -2.26. The van der Waals surface area contributed by atoms with Crippen molar-refractivity contribution in [2.45, 2.75) is 52.4 Å². The van der Waals surface area contributed by atoms with Gasteiger partial charge in [0.1, 0.15) is 5.75 Å². The fraction of sp³-hybridized carbons (Fsp3) is 0.140. The topological polar surface area (TPSA) is 63.8 Å². The van der Waals surface area contributed by atoms with Gasteiger partial charge in [0.05, 0.1) is 45.0 Å². The maximum absolute atomic E-state index is 11.1. The zero-order chi connectivity index (χ0) is 42.8. The molecule has 0 fully saturated rings. The van der Waals surface area contributed by atoms with Gasteiger partial charge >= 0.3 is 0 Å². The number of nitrogens with zero attached hydrogens (tertiary/aromatic N) is 4. The summed E-state index contributed by atoms with van der Waals surface area (Å²) in [5, 5.41) is 14.5. The molecule has 0 saturated carbocycles. The molecule has 0 saturated heterocycles. The van der Waals surface area contributed by atoms with Gasteiger partial charge in [-0.25, -0.2) is 9.97 Å². The van der Waals surface area contributed by atoms with Crippen molar-refractivity contribution in [2.24, 2.45) is 0 Å². The number of phenols is 1. The van der Waals surface area contributed by atoms with Crippen LogP contribution < -0.4 is 0 Å². The third-order valence-corrected chi connectivity index (χ3v) is 12.0. The van der Waals surface area contributed by atoms with E-state index in [2.05, 4.69) is 186 Å². The molecular weight excluding hydrogens is 757 g/mol. The van der Waals surface area contributed by atoms with Crippen LogP contribution in [-0.2, 0) is 10.8 Å². The van der Waals surface area contributed by atoms with Crippen LogP contribution in [0.3, 0.4) is 0 Å². The highest BCUT2D eigenvalue weighted by Crippen LogP contribution is 2.40. The number of pyridine rings is 3. The normalized spacial score (nSPS) is 12.1. The number of fused-ring (bicyclic) bond motifs is 4. The molecule has 0 spiro atoms. The molecule has 0 aliphatic rings. The summed E-state index contributed by atoms with van der Waals surface area (Å²) in [6.45, 7) is 13.6. The number of aromatic nitrogens is 4. The van der Waals surface area contributed by atoms with Gasteiger partial charge in [0, 0.05) is 44.6 Å². The van der Waals surface area contributed by atoms with Crippen LogP contribution >= 0.6 is 0 Å². The van der Waals surface area contributed by atoms with Gasteiger partial charge in [-0.15, -0.1) is 0 Å². The molecule has 4 aromatic heterocycles. The molecule has 10 rings (SSSR count). The predicted molar refractivity (Wildman–Crippen MR) is 258 cm³/mol. The second-order valence-electron chi connectivity index (χ2n) is 18.4. The summed E-state index contributed by atoms with van der Waals surface area (Å²) in [7, 11) is 0. The monoisotopic (exact) mass is 804 g/mol. The zero-order valence-corrected chi connectivity index (χ0v) is 36.0. The number of hydrogen-bond acceptors (Lipinski definition) is 4. The average molecular weight is 805 g/mol. The Labute approximate surface area is 363 Å². The van der Waals surface area contributed by atoms with Gasteiger partial charge in [-0.1, -0.05) is 145 Å². The third-order valence-electron chi connectivity index (χ3n) is 12.0. The van der Waals surface area contributed by atoms with Gasteiger partial charge in [0.25, 0.3) is 0 Å². The van der Waals surface area contributed by atoms with E-state index in [9.17, 15) is 5.11 Å². The summed E-state index contributed by atoms with van der Waals surface area (Å²) >= 11 is 0. The quantitative estimate of drug-likeness (QED) is 0.182. The average Bonchev–Trinajstić information content (AvgIpc) is 3.61. The first-order chi connectivity index (χ1) is 29.9. The maximum atomic E-state index is 11.1. The van der Waals surface area contributed by atoms with Crippen molar-refractivity contribution >= 4 is 32.7 Å². The fourth-order valence-electron chi connectivity index (χ4n) is 8.59. The van der Waals surface area contributed by atoms with E-state index in [1.54, 1.807) is 6.07 Å². The number of phenolic OH excluding ortho intramolecular Hbond substituents is 1. The van der Waals surface area contributed by atoms with E-state index in [-0.39, 0.29) is 16.6 Å². The standard InChI is InChI=1S/C57H48N4O/c1-56(2,3)42-30-40(31-43(35-42)57(4,5)6)41-32-49(60-50(33-41)46-20-8-10-25-54(46)62)38-17-11-16-37(29-38)47-21-13-22-48(59-47)39-26-27-45-44-19-7-9-23-51(44)61(53(45)34-39)52-24-12-15-36-18-14-28-58-55(36)52/h7-35,62H,1-6H3. The minimum absolute atomic E-state index is 0.0410. The van der Waals surface area contributed by atoms with Crippen LogP contribution in [0.15, 0.2) is 176 Å². The summed E-state index contributed by atoms with van der Waals surface area (Å²) in [6.07, 6.45) is 1.86. The van der Waals surface area contributed by atoms with Crippen molar-refractivity contribution in [3.63, 3.8) is 0 Å². The smallest absolute Gasteiger partial charge is 0.124 e. The molecule has 1 N–H and O–H groups in total. The first-order valence-corrected chi connectivity index (χ1v) is 21.3. The van der Waals surface area contributed by atoms with Crippen molar-refractivity contribution in [2.75, 3.05) is 0 Å². The Morgan fingerprint density at radius 2 is 1.03 bits per heavy atom. The molecule has 0 amide bonds. The molecule has 10 aromatic rings. The highest BCUT2D eigenvalue weighted by molar-refractivity contribution is 6.11. The fourth-order valence-corrected chi connectivity index (χ4v) is 8.59. The van der Waals surface area contributed by atoms with Crippen LogP contribution in [0, 0.1) is 0 Å². The van der Waals surface area contributed by atoms with Crippen molar-refractivity contribution in [3.05, 3.63) is 187 Å². The zero-order valence-electron chi connectivity index (χ0n) is 36.0. The van der Waals surface area contributed by atoms with Crippen LogP contribution in [0.5, 0.6) is 5.75 Å². The molecule has 302 valence electrons. The highest BCUT2D eigenvalue weighted by Gasteiger charge is 2.22. The molecule has 5 nitrogen and oxygen atoms in total. The molecule has 0 unspecified atom stereocenters. The highest BCUT2D eigenvalue weighted by atomic mass is 16.3. The number of rotatable bonds is 6. The molecule has 4 heterocycles. The van der Waals surface area contributed by atoms with Crippen molar-refractivity contribution in [1.82, 2.24) is 19.5 Å². The van der Waals surface area contributed by atoms with Crippen LogP contribution in [-0.4, -0.2) is 24.6 Å². The molecule has 0 aliphatic heterocycles. The van der Waals surface area contributed by atoms with Gasteiger partial charge in [-0.3, -0.25) is 4.98 Å². The van der Waals surface area contributed by atoms with Crippen LogP contribution in [0.4, 0.5) is 0 Å². The van der Waals surface area contributed by atoms with Crippen molar-refractivity contribution in [1.29, 1.82) is 0 Å². The molecule has 5 heteroatoms. The lowest BCUT2D eigenvalue weighted by atomic mass is 9.79. The number of para-hydroxylation sites is 3. The Bertz CT molecular complexity index is 3310. The van der Waals surface area contributed by atoms with Crippen molar-refractivity contribution < 1.29 is 5.11 Å². The number of benzene rings is 6. The molecule has 0 aliphatic carbocycles. The Balaban J connectivity index is 1.09. The number of hydrogen-bond donors (Lipinski definition) is 1. The lowest BCUT2D eigenvalue weighted by molar-refractivity contribution is 0.477. The van der Waals surface area contributed by atoms with Crippen LogP contribution in [0.2, 0.25) is 0 Å². The minimum atomic E-state index is -0.0410. The van der Waals surface area contributed by atoms with E-state index in [1.807, 2.05) is 30.5 Å². The van der Waals surface area contributed by atoms with Gasteiger partial charge in [0.2, 0.25) is 0 Å². The number of aromatic hydroxyl groups is 1. The Kier molecular flexibility index (Phi) is 9.37. The minimum Gasteiger partial charge on any atom is -0.507 e. The van der Waals surface area contributed by atoms with E-state index in [0.717, 1.165) is 72.5 Å². The molecule has 0 radical (unpaired) electrons. The van der Waals surface area contributed by atoms with Crippen LogP contribution in [0.1, 0.15) is 52.7 Å². The second kappa shape index (κ2) is 15.0. The lowest BCUT2D eigenvalue weighted by Crippen LogP contribution is -2.16. The largest absolute Gasteiger partial charge is 0.507 e. The van der Waals surface area contributed by atoms with Gasteiger partial charge in [-0.05, 0) is 99.8 Å². The second-order valence-corrected chi connectivity index (χ2v) is 18.4. The van der Waals surface area contributed by atoms with E-state index in [0.29, 0.717) is 11.3 Å². The van der Waals surface area contributed by atoms with Crippen LogP contribution in [0.25, 0.3) is 94.6 Å². The SMILES string of the molecule is CC(C)(C)c1cc(-c2cc(-c3cccc(-c4cccc(-c5ccc6c7ccccc7n(-c7cccc8cccnc78)c6c5)n4)c3)nc(-c3ccccc3O)c2)cc(C(C)(C)C)c1. The molecular formula is C57H48N4O. The van der Waals surface area contributed by atoms with E-state index < -0.39 is 0 Å². The Morgan fingerprint density at radius 1 is 0.435 bits per heavy atom. The first-order valence-electron chi connectivity index (χ1n) is 21.3. The summed E-state index contributed by atoms with van der Waals surface area (Å²) < 4.78 is 2.34. The van der Waals surface area contributed by atoms with Gasteiger partial charge < -0.3 is 9.67 Å². The summed E-state index contributed by atoms with van der Waals surface area (Å²) in [5.74, 6) is 0.198. The third kappa shape index (κ3) is 7.09. The van der Waals surface area contributed by atoms with E-state index in [1.165, 1.54) is 21.9 Å². The summed E-state index contributed by atoms with van der Waals surface area (Å²) in [4.78, 5) is 15.3. The molecule has 0 atom stereocenters. The summed E-state index contributed by atoms with van der Waals surface area (Å²) in [5.41, 5.74) is 15.9. The predicted octanol–water partition coefficient (Wildman–Crippen LogP) is 14.8.